The summed E-state index contributed by atoms with van der Waals surface area (Å²) in [6.45, 7) is 6.81. The second-order valence-electron chi connectivity index (χ2n) is 11.7. The van der Waals surface area contributed by atoms with Crippen LogP contribution in [0.3, 0.4) is 0 Å². The van der Waals surface area contributed by atoms with Crippen molar-refractivity contribution >= 4 is 45.3 Å². The first-order chi connectivity index (χ1) is 25.1. The summed E-state index contributed by atoms with van der Waals surface area (Å²) >= 11 is 0. The molecule has 0 heterocycles. The number of benzene rings is 4. The number of rotatable bonds is 19. The van der Waals surface area contributed by atoms with Gasteiger partial charge in [-0.15, -0.1) is 0 Å². The Morgan fingerprint density at radius 1 is 0.519 bits per heavy atom. The van der Waals surface area contributed by atoms with Gasteiger partial charge in [-0.3, -0.25) is 9.59 Å². The smallest absolute Gasteiger partial charge is 0.217 e. The van der Waals surface area contributed by atoms with Crippen LogP contribution in [0.25, 0.3) is 0 Å². The van der Waals surface area contributed by atoms with E-state index in [4.69, 9.17) is 0 Å². The van der Waals surface area contributed by atoms with Crippen LogP contribution in [0, 0.1) is 0 Å². The molecule has 0 radical (unpaired) electrons. The van der Waals surface area contributed by atoms with Gasteiger partial charge in [-0.25, -0.2) is 0 Å². The number of carboxylic acid groups (broad SMARTS) is 2. The van der Waals surface area contributed by atoms with Crippen molar-refractivity contribution in [1.82, 2.24) is 10.6 Å². The third-order valence-electron chi connectivity index (χ3n) is 7.28. The number of nitrogens with one attached hydrogen (secondary N) is 2. The molecule has 0 aliphatic heterocycles. The van der Waals surface area contributed by atoms with E-state index in [2.05, 4.69) is 143 Å². The van der Waals surface area contributed by atoms with Crippen LogP contribution >= 0.6 is 21.6 Å². The molecule has 2 atom stereocenters. The van der Waals surface area contributed by atoms with E-state index in [1.807, 2.05) is 0 Å². The van der Waals surface area contributed by atoms with Gasteiger partial charge >= 0.3 is 0 Å². The number of aliphatic carboxylic acids is 2. The Morgan fingerprint density at radius 2 is 0.808 bits per heavy atom. The fourth-order valence-electron chi connectivity index (χ4n) is 4.65. The fourth-order valence-corrected chi connectivity index (χ4v) is 6.95. The van der Waals surface area contributed by atoms with Gasteiger partial charge in [0.05, 0.1) is 37.1 Å². The summed E-state index contributed by atoms with van der Waals surface area (Å²) < 4.78 is 0. The molecule has 0 spiro atoms. The summed E-state index contributed by atoms with van der Waals surface area (Å²) in [6, 6.07) is 40.2. The molecule has 4 aromatic carbocycles. The molecule has 0 aliphatic rings. The molecule has 6 N–H and O–H groups in total. The van der Waals surface area contributed by atoms with Gasteiger partial charge in [0.2, 0.25) is 11.8 Å². The molecule has 0 aliphatic carbocycles. The van der Waals surface area contributed by atoms with Gasteiger partial charge in [-0.1, -0.05) is 143 Å². The molecule has 12 heteroatoms. The van der Waals surface area contributed by atoms with Crippen LogP contribution in [0.2, 0.25) is 0 Å². The Kier molecular flexibility index (Phi) is 22.7. The van der Waals surface area contributed by atoms with E-state index in [0.29, 0.717) is 0 Å². The molecular weight excluding hydrogens is 697 g/mol. The summed E-state index contributed by atoms with van der Waals surface area (Å²) in [6.07, 6.45) is 2.29. The van der Waals surface area contributed by atoms with E-state index in [-0.39, 0.29) is 11.5 Å². The standard InChI is InChI=1S/2C15H17N.C10H16N2O6S2/c2*1-3-7-14(8-4-1)11-12-16-13-15-9-5-2-6-10-15;1-5(13)11-7(9(15)16)3-19-20-4-8(10(17)18)12-6(2)14/h2*1-10,16H,11-13H2;7-8H,3-4H2,1-2H3,(H,11,13)(H,12,14)(H,15,16)(H,17,18)/t;;7-,8-/m..0/s1. The maximum absolute atomic E-state index is 10.8. The van der Waals surface area contributed by atoms with Crippen LogP contribution in [-0.4, -0.2) is 60.4 Å². The van der Waals surface area contributed by atoms with Crippen molar-refractivity contribution in [2.75, 3.05) is 24.6 Å². The molecule has 0 bridgehead atoms. The average Bonchev–Trinajstić information content (AvgIpc) is 3.14. The van der Waals surface area contributed by atoms with Gasteiger partial charge in [0.15, 0.2) is 0 Å². The highest BCUT2D eigenvalue weighted by molar-refractivity contribution is 8.76. The minimum Gasteiger partial charge on any atom is -0.548 e. The zero-order chi connectivity index (χ0) is 37.8. The van der Waals surface area contributed by atoms with E-state index in [1.54, 1.807) is 0 Å². The van der Waals surface area contributed by atoms with Gasteiger partial charge in [0.25, 0.3) is 0 Å². The van der Waals surface area contributed by atoms with Crippen LogP contribution in [0.15, 0.2) is 121 Å². The van der Waals surface area contributed by atoms with E-state index >= 15 is 0 Å². The number of nitrogens with two attached hydrogens (primary N) is 2. The number of hydrogen-bond donors (Lipinski definition) is 4. The van der Waals surface area contributed by atoms with Gasteiger partial charge in [-0.2, -0.15) is 0 Å². The van der Waals surface area contributed by atoms with Crippen molar-refractivity contribution < 1.29 is 40.0 Å². The zero-order valence-electron chi connectivity index (χ0n) is 29.8. The van der Waals surface area contributed by atoms with Gasteiger partial charge in [0, 0.05) is 49.3 Å². The number of amides is 2. The summed E-state index contributed by atoms with van der Waals surface area (Å²) in [4.78, 5) is 42.9. The number of carbonyl (C=O) groups excluding carboxylic acids is 4. The Hall–Kier alpha value is -4.62. The predicted molar refractivity (Wildman–Crippen MR) is 204 cm³/mol. The number of quaternary nitrogens is 2. The maximum atomic E-state index is 10.8. The first-order valence-electron chi connectivity index (χ1n) is 17.1. The lowest BCUT2D eigenvalue weighted by atomic mass is 10.1. The molecule has 52 heavy (non-hydrogen) atoms. The highest BCUT2D eigenvalue weighted by Crippen LogP contribution is 2.22. The SMILES string of the molecule is CC(=O)N[C@@H](CSSC[C@H](NC(C)=O)C(=O)[O-])C(=O)[O-].c1ccc(CC[NH2+]Cc2ccccc2)cc1.c1ccc(CC[NH2+]Cc2ccccc2)cc1. The second-order valence-corrected chi connectivity index (χ2v) is 14.3. The summed E-state index contributed by atoms with van der Waals surface area (Å²) in [5.74, 6) is -3.84. The molecule has 4 aromatic rings. The van der Waals surface area contributed by atoms with E-state index < -0.39 is 35.8 Å². The number of carboxylic acids is 2. The lowest BCUT2D eigenvalue weighted by molar-refractivity contribution is -0.670. The molecule has 10 nitrogen and oxygen atoms in total. The van der Waals surface area contributed by atoms with Crippen molar-refractivity contribution in [1.29, 1.82) is 0 Å². The second kappa shape index (κ2) is 27.1. The van der Waals surface area contributed by atoms with E-state index in [1.165, 1.54) is 36.1 Å². The normalized spacial score (nSPS) is 11.3. The summed E-state index contributed by atoms with van der Waals surface area (Å²) in [5.41, 5.74) is 5.64. The summed E-state index contributed by atoms with van der Waals surface area (Å²) in [7, 11) is 2.09. The molecule has 4 rings (SSSR count). The Morgan fingerprint density at radius 3 is 1.08 bits per heavy atom. The molecule has 0 unspecified atom stereocenters. The van der Waals surface area contributed by atoms with Crippen molar-refractivity contribution in [2.24, 2.45) is 0 Å². The van der Waals surface area contributed by atoms with Crippen molar-refractivity contribution in [3.63, 3.8) is 0 Å². The molecule has 0 saturated heterocycles. The molecule has 0 fully saturated rings. The Labute approximate surface area is 315 Å². The average molecular weight is 747 g/mol. The molecular formula is C40H50N4O6S2. The van der Waals surface area contributed by atoms with Crippen molar-refractivity contribution in [3.8, 4) is 0 Å². The number of carbonyl (C=O) groups is 4. The quantitative estimate of drug-likeness (QED) is 0.0809. The monoisotopic (exact) mass is 746 g/mol. The fraction of sp³-hybridized carbons (Fsp3) is 0.300. The van der Waals surface area contributed by atoms with Crippen molar-refractivity contribution in [3.05, 3.63) is 144 Å². The molecule has 278 valence electrons. The lowest BCUT2D eigenvalue weighted by Crippen LogP contribution is -2.83. The molecule has 0 saturated carbocycles. The molecule has 2 amide bonds. The topological polar surface area (TPSA) is 172 Å². The van der Waals surface area contributed by atoms with E-state index in [9.17, 15) is 29.4 Å². The van der Waals surface area contributed by atoms with Crippen LogP contribution in [-0.2, 0) is 45.1 Å². The first kappa shape index (κ1) is 43.5. The van der Waals surface area contributed by atoms with Gasteiger partial charge in [-0.05, 0) is 11.1 Å². The maximum Gasteiger partial charge on any atom is 0.217 e. The third kappa shape index (κ3) is 21.6. The Balaban J connectivity index is 0.000000272. The van der Waals surface area contributed by atoms with Crippen LogP contribution in [0.1, 0.15) is 36.1 Å². The highest BCUT2D eigenvalue weighted by atomic mass is 33.1. The molecule has 0 aromatic heterocycles. The largest absolute Gasteiger partial charge is 0.548 e. The number of hydrogen-bond acceptors (Lipinski definition) is 8. The van der Waals surface area contributed by atoms with Crippen LogP contribution < -0.4 is 31.5 Å². The first-order valence-corrected chi connectivity index (χ1v) is 19.6. The highest BCUT2D eigenvalue weighted by Gasteiger charge is 2.14. The zero-order valence-corrected chi connectivity index (χ0v) is 31.4. The van der Waals surface area contributed by atoms with E-state index in [0.717, 1.165) is 60.6 Å². The minimum absolute atomic E-state index is 0.00637. The van der Waals surface area contributed by atoms with Gasteiger partial charge in [0.1, 0.15) is 13.1 Å². The predicted octanol–water partition coefficient (Wildman–Crippen LogP) is 0.862. The summed E-state index contributed by atoms with van der Waals surface area (Å²) in [5, 5.41) is 30.5. The van der Waals surface area contributed by atoms with Crippen molar-refractivity contribution in [2.45, 2.75) is 51.9 Å². The minimum atomic E-state index is -1.42. The van der Waals surface area contributed by atoms with Gasteiger partial charge < -0.3 is 41.1 Å². The van der Waals surface area contributed by atoms with Crippen LogP contribution in [0.5, 0.6) is 0 Å². The third-order valence-corrected chi connectivity index (χ3v) is 9.70. The lowest BCUT2D eigenvalue weighted by Gasteiger charge is -2.20. The Bertz CT molecular complexity index is 1370. The van der Waals surface area contributed by atoms with Crippen LogP contribution in [0.4, 0.5) is 0 Å².